The van der Waals surface area contributed by atoms with Crippen molar-refractivity contribution in [3.8, 4) is 0 Å². The lowest BCUT2D eigenvalue weighted by atomic mass is 10.2. The molecule has 0 heterocycles. The smallest absolute Gasteiger partial charge is 0.0716 e. The fourth-order valence-corrected chi connectivity index (χ4v) is 0.864. The molecule has 0 aromatic heterocycles. The fourth-order valence-electron chi connectivity index (χ4n) is 0.864. The van der Waals surface area contributed by atoms with Crippen LogP contribution in [0.1, 0.15) is 23.0 Å². The van der Waals surface area contributed by atoms with Gasteiger partial charge in [-0.25, -0.2) is 0 Å². The lowest BCUT2D eigenvalue weighted by Crippen LogP contribution is -2.05. The van der Waals surface area contributed by atoms with Crippen molar-refractivity contribution in [1.29, 1.82) is 0 Å². The van der Waals surface area contributed by atoms with E-state index in [1.807, 2.05) is 30.3 Å². The average molecular weight is 183 g/mol. The Bertz CT molecular complexity index is 320. The standard InChI is InChI=1S/C11H16O2/c1-10(12)7-8-13-9-11-5-3-2-4-6-11/h2-6,10,12H,7-9H2,1H3/i8D2,10D. The van der Waals surface area contributed by atoms with Crippen molar-refractivity contribution in [2.24, 2.45) is 0 Å². The van der Waals surface area contributed by atoms with Gasteiger partial charge in [-0.3, -0.25) is 0 Å². The summed E-state index contributed by atoms with van der Waals surface area (Å²) in [6, 6.07) is 9.21. The minimum absolute atomic E-state index is 0.129. The van der Waals surface area contributed by atoms with Gasteiger partial charge >= 0.3 is 0 Å². The topological polar surface area (TPSA) is 29.5 Å². The molecule has 0 spiro atoms. The maximum Gasteiger partial charge on any atom is 0.0716 e. The van der Waals surface area contributed by atoms with Crippen LogP contribution in [-0.2, 0) is 11.3 Å². The molecule has 1 N–H and O–H groups in total. The molecule has 0 radical (unpaired) electrons. The van der Waals surface area contributed by atoms with Crippen molar-refractivity contribution in [2.45, 2.75) is 26.0 Å². The highest BCUT2D eigenvalue weighted by Crippen LogP contribution is 2.01. The van der Waals surface area contributed by atoms with Gasteiger partial charge in [-0.05, 0) is 18.9 Å². The Morgan fingerprint density at radius 2 is 2.23 bits per heavy atom. The average Bonchev–Trinajstić information content (AvgIpc) is 2.13. The van der Waals surface area contributed by atoms with E-state index in [-0.39, 0.29) is 13.0 Å². The first-order valence-electron chi connectivity index (χ1n) is 5.69. The van der Waals surface area contributed by atoms with E-state index in [4.69, 9.17) is 8.85 Å². The molecule has 0 aliphatic carbocycles. The van der Waals surface area contributed by atoms with E-state index in [9.17, 15) is 5.11 Å². The van der Waals surface area contributed by atoms with Gasteiger partial charge in [0.2, 0.25) is 0 Å². The van der Waals surface area contributed by atoms with Gasteiger partial charge in [-0.1, -0.05) is 30.3 Å². The van der Waals surface area contributed by atoms with Gasteiger partial charge in [0.1, 0.15) is 0 Å². The third-order valence-electron chi connectivity index (χ3n) is 1.51. The van der Waals surface area contributed by atoms with Gasteiger partial charge in [-0.2, -0.15) is 0 Å². The number of hydrogen-bond donors (Lipinski definition) is 1. The summed E-state index contributed by atoms with van der Waals surface area (Å²) in [5.74, 6) is 0. The summed E-state index contributed by atoms with van der Waals surface area (Å²) < 4.78 is 27.2. The molecule has 72 valence electrons. The first-order valence-corrected chi connectivity index (χ1v) is 4.19. The quantitative estimate of drug-likeness (QED) is 0.756. The summed E-state index contributed by atoms with van der Waals surface area (Å²) >= 11 is 0. The van der Waals surface area contributed by atoms with E-state index in [0.717, 1.165) is 5.56 Å². The Morgan fingerprint density at radius 1 is 1.54 bits per heavy atom. The van der Waals surface area contributed by atoms with Gasteiger partial charge in [0.15, 0.2) is 0 Å². The first-order chi connectivity index (χ1) is 7.29. The summed E-state index contributed by atoms with van der Waals surface area (Å²) in [4.78, 5) is 0. The highest BCUT2D eigenvalue weighted by Gasteiger charge is 1.95. The van der Waals surface area contributed by atoms with Gasteiger partial charge in [0.25, 0.3) is 0 Å². The molecule has 2 nitrogen and oxygen atoms in total. The molecule has 0 bridgehead atoms. The Kier molecular flexibility index (Phi) is 2.90. The minimum Gasteiger partial charge on any atom is -0.393 e. The fraction of sp³-hybridized carbons (Fsp3) is 0.455. The molecule has 1 atom stereocenters. The summed E-state index contributed by atoms with van der Waals surface area (Å²) in [7, 11) is 0. The zero-order chi connectivity index (χ0) is 12.2. The highest BCUT2D eigenvalue weighted by atomic mass is 16.5. The molecule has 0 aliphatic rings. The lowest BCUT2D eigenvalue weighted by molar-refractivity contribution is 0.0801. The Hall–Kier alpha value is -0.860. The SMILES string of the molecule is [2H]C(C)(O)CC([2H])([2H])OCc1ccccc1. The first kappa shape index (κ1) is 6.57. The molecule has 1 rings (SSSR count). The molecule has 1 aromatic carbocycles. The number of benzene rings is 1. The van der Waals surface area contributed by atoms with Crippen LogP contribution in [0.3, 0.4) is 0 Å². The molecular weight excluding hydrogens is 164 g/mol. The van der Waals surface area contributed by atoms with E-state index >= 15 is 0 Å². The largest absolute Gasteiger partial charge is 0.393 e. The van der Waals surface area contributed by atoms with Crippen LogP contribution in [-0.4, -0.2) is 17.7 Å². The van der Waals surface area contributed by atoms with Crippen molar-refractivity contribution in [3.05, 3.63) is 35.9 Å². The van der Waals surface area contributed by atoms with Gasteiger partial charge in [0, 0.05) is 6.56 Å². The van der Waals surface area contributed by atoms with E-state index in [1.165, 1.54) is 6.92 Å². The number of rotatable bonds is 5. The van der Waals surface area contributed by atoms with Crippen LogP contribution in [0, 0.1) is 0 Å². The predicted octanol–water partition coefficient (Wildman–Crippen LogP) is 1.97. The predicted molar refractivity (Wildman–Crippen MR) is 52.4 cm³/mol. The van der Waals surface area contributed by atoms with Gasteiger partial charge in [0.05, 0.1) is 16.8 Å². The lowest BCUT2D eigenvalue weighted by Gasteiger charge is -2.05. The van der Waals surface area contributed by atoms with Crippen LogP contribution in [0.5, 0.6) is 0 Å². The van der Waals surface area contributed by atoms with Crippen molar-refractivity contribution in [1.82, 2.24) is 0 Å². The summed E-state index contributed by atoms with van der Waals surface area (Å²) in [5.41, 5.74) is 0.857. The van der Waals surface area contributed by atoms with Crippen molar-refractivity contribution < 1.29 is 14.0 Å². The summed E-state index contributed by atoms with van der Waals surface area (Å²) in [6.45, 7) is -0.637. The number of ether oxygens (including phenoxy) is 1. The molecule has 1 unspecified atom stereocenters. The zero-order valence-electron chi connectivity index (χ0n) is 10.7. The summed E-state index contributed by atoms with van der Waals surface area (Å²) in [5, 5.41) is 9.20. The third kappa shape index (κ3) is 4.65. The molecule has 1 aromatic rings. The monoisotopic (exact) mass is 183 g/mol. The van der Waals surface area contributed by atoms with Crippen LogP contribution >= 0.6 is 0 Å². The van der Waals surface area contributed by atoms with Crippen LogP contribution in [0.4, 0.5) is 0 Å². The Balaban J connectivity index is 2.48. The molecule has 0 fully saturated rings. The Labute approximate surface area is 83.4 Å². The number of aliphatic hydroxyl groups is 1. The molecule has 0 saturated heterocycles. The van der Waals surface area contributed by atoms with Gasteiger partial charge in [-0.15, -0.1) is 0 Å². The second-order valence-electron chi connectivity index (χ2n) is 2.83. The van der Waals surface area contributed by atoms with Gasteiger partial charge < -0.3 is 9.84 Å². The molecule has 0 amide bonds. The Morgan fingerprint density at radius 3 is 2.85 bits per heavy atom. The normalized spacial score (nSPS) is 19.7. The molecule has 0 aliphatic heterocycles. The number of hydrogen-bond acceptors (Lipinski definition) is 2. The van der Waals surface area contributed by atoms with E-state index in [1.54, 1.807) is 0 Å². The maximum atomic E-state index is 9.20. The second kappa shape index (κ2) is 5.73. The van der Waals surface area contributed by atoms with Crippen molar-refractivity contribution in [3.63, 3.8) is 0 Å². The van der Waals surface area contributed by atoms with Crippen LogP contribution in [0.25, 0.3) is 0 Å². The highest BCUT2D eigenvalue weighted by molar-refractivity contribution is 5.13. The van der Waals surface area contributed by atoms with Crippen LogP contribution in [0.2, 0.25) is 0 Å². The second-order valence-corrected chi connectivity index (χ2v) is 2.83. The molecule has 0 saturated carbocycles. The van der Waals surface area contributed by atoms with Crippen LogP contribution < -0.4 is 0 Å². The summed E-state index contributed by atoms with van der Waals surface area (Å²) in [6.07, 6.45) is -2.20. The van der Waals surface area contributed by atoms with Crippen LogP contribution in [0.15, 0.2) is 30.3 Å². The van der Waals surface area contributed by atoms with E-state index in [0.29, 0.717) is 0 Å². The third-order valence-corrected chi connectivity index (χ3v) is 1.51. The van der Waals surface area contributed by atoms with E-state index in [2.05, 4.69) is 0 Å². The van der Waals surface area contributed by atoms with Crippen molar-refractivity contribution in [2.75, 3.05) is 6.56 Å². The molecule has 2 heteroatoms. The van der Waals surface area contributed by atoms with Crippen molar-refractivity contribution >= 4 is 0 Å². The molecule has 13 heavy (non-hydrogen) atoms. The zero-order valence-corrected chi connectivity index (χ0v) is 7.66. The van der Waals surface area contributed by atoms with E-state index < -0.39 is 12.6 Å². The minimum atomic E-state index is -2.00. The molecular formula is C11H16O2. The maximum absolute atomic E-state index is 9.20.